The third kappa shape index (κ3) is 3.85. The van der Waals surface area contributed by atoms with Gasteiger partial charge >= 0.3 is 0 Å². The normalized spacial score (nSPS) is 10.3. The van der Waals surface area contributed by atoms with Gasteiger partial charge in [0.15, 0.2) is 0 Å². The van der Waals surface area contributed by atoms with Gasteiger partial charge in [-0.1, -0.05) is 23.4 Å². The van der Waals surface area contributed by atoms with Crippen LogP contribution in [-0.2, 0) is 4.79 Å². The van der Waals surface area contributed by atoms with Crippen LogP contribution in [0.1, 0.15) is 0 Å². The Kier molecular flexibility index (Phi) is 4.81. The molecule has 2 rings (SSSR count). The van der Waals surface area contributed by atoms with Crippen molar-refractivity contribution in [1.29, 1.82) is 0 Å². The molecule has 0 unspecified atom stereocenters. The van der Waals surface area contributed by atoms with E-state index in [-0.39, 0.29) is 17.3 Å². The first-order chi connectivity index (χ1) is 9.56. The molecule has 0 atom stereocenters. The zero-order valence-corrected chi connectivity index (χ0v) is 11.8. The zero-order valence-electron chi connectivity index (χ0n) is 10.3. The number of hydrogen-bond donors (Lipinski definition) is 2. The van der Waals surface area contributed by atoms with Crippen molar-refractivity contribution in [2.24, 2.45) is 0 Å². The highest BCUT2D eigenvalue weighted by Crippen LogP contribution is 2.24. The first kappa shape index (κ1) is 14.6. The van der Waals surface area contributed by atoms with E-state index in [1.54, 1.807) is 18.3 Å². The molecule has 0 aliphatic heterocycles. The Hall–Kier alpha value is -1.79. The quantitative estimate of drug-likeness (QED) is 0.672. The fraction of sp³-hybridized carbons (Fsp3) is 0.0769. The molecule has 7 heteroatoms. The molecule has 4 nitrogen and oxygen atoms in total. The number of nitrogens with two attached hydrogens (primary N) is 1. The summed E-state index contributed by atoms with van der Waals surface area (Å²) in [6, 6.07) is 7.44. The summed E-state index contributed by atoms with van der Waals surface area (Å²) < 4.78 is 13.0. The van der Waals surface area contributed by atoms with E-state index in [0.29, 0.717) is 15.7 Å². The number of hydrogen-bond acceptors (Lipinski definition) is 4. The minimum absolute atomic E-state index is 0.0109. The molecular formula is C13H11ClFN3OS. The number of anilines is 2. The number of rotatable bonds is 4. The number of carbonyl (C=O) groups is 1. The predicted octanol–water partition coefficient (Wildman–Crippen LogP) is 3.19. The molecule has 0 saturated heterocycles. The summed E-state index contributed by atoms with van der Waals surface area (Å²) in [7, 11) is 0. The van der Waals surface area contributed by atoms with Gasteiger partial charge in [0, 0.05) is 11.9 Å². The van der Waals surface area contributed by atoms with Crippen LogP contribution in [0.25, 0.3) is 0 Å². The van der Waals surface area contributed by atoms with Crippen LogP contribution in [0.4, 0.5) is 15.8 Å². The highest BCUT2D eigenvalue weighted by atomic mass is 35.5. The molecule has 1 aromatic heterocycles. The van der Waals surface area contributed by atoms with Crippen LogP contribution in [0.15, 0.2) is 41.6 Å². The van der Waals surface area contributed by atoms with Gasteiger partial charge in [-0.2, -0.15) is 0 Å². The lowest BCUT2D eigenvalue weighted by molar-refractivity contribution is -0.113. The number of pyridine rings is 1. The Labute approximate surface area is 124 Å². The summed E-state index contributed by atoms with van der Waals surface area (Å²) in [5.74, 6) is -0.617. The van der Waals surface area contributed by atoms with E-state index >= 15 is 0 Å². The van der Waals surface area contributed by atoms with E-state index in [4.69, 9.17) is 17.3 Å². The lowest BCUT2D eigenvalue weighted by Crippen LogP contribution is -2.14. The average Bonchev–Trinajstić information content (AvgIpc) is 2.42. The molecule has 1 heterocycles. The molecule has 104 valence electrons. The van der Waals surface area contributed by atoms with E-state index in [0.717, 1.165) is 0 Å². The molecule has 0 aliphatic carbocycles. The molecule has 1 amide bonds. The van der Waals surface area contributed by atoms with E-state index < -0.39 is 5.82 Å². The predicted molar refractivity (Wildman–Crippen MR) is 79.4 cm³/mol. The summed E-state index contributed by atoms with van der Waals surface area (Å²) in [6.07, 6.45) is 1.60. The molecule has 0 aliphatic rings. The smallest absolute Gasteiger partial charge is 0.234 e. The first-order valence-electron chi connectivity index (χ1n) is 5.64. The summed E-state index contributed by atoms with van der Waals surface area (Å²) >= 11 is 7.15. The van der Waals surface area contributed by atoms with E-state index in [1.165, 1.54) is 30.0 Å². The van der Waals surface area contributed by atoms with Gasteiger partial charge in [-0.05, 0) is 30.3 Å². The topological polar surface area (TPSA) is 68.0 Å². The van der Waals surface area contributed by atoms with Crippen LogP contribution in [0, 0.1) is 5.82 Å². The number of amides is 1. The SMILES string of the molecule is Nc1cc(NC(=O)CSc2ncccc2Cl)ccc1F. The largest absolute Gasteiger partial charge is 0.396 e. The van der Waals surface area contributed by atoms with Crippen LogP contribution >= 0.6 is 23.4 Å². The lowest BCUT2D eigenvalue weighted by Gasteiger charge is -2.06. The van der Waals surface area contributed by atoms with E-state index in [2.05, 4.69) is 10.3 Å². The third-order valence-electron chi connectivity index (χ3n) is 2.34. The second kappa shape index (κ2) is 6.58. The minimum atomic E-state index is -0.516. The number of nitrogens with one attached hydrogen (secondary N) is 1. The van der Waals surface area contributed by atoms with Gasteiger partial charge in [-0.15, -0.1) is 0 Å². The second-order valence-electron chi connectivity index (χ2n) is 3.86. The number of nitrogens with zero attached hydrogens (tertiary/aromatic N) is 1. The van der Waals surface area contributed by atoms with Crippen molar-refractivity contribution >= 4 is 40.6 Å². The van der Waals surface area contributed by atoms with Gasteiger partial charge < -0.3 is 11.1 Å². The van der Waals surface area contributed by atoms with Gasteiger partial charge in [-0.25, -0.2) is 9.37 Å². The average molecular weight is 312 g/mol. The number of nitrogen functional groups attached to an aromatic ring is 1. The summed E-state index contributed by atoms with van der Waals surface area (Å²) in [5.41, 5.74) is 5.86. The van der Waals surface area contributed by atoms with Gasteiger partial charge in [-0.3, -0.25) is 4.79 Å². The van der Waals surface area contributed by atoms with Crippen LogP contribution in [0.3, 0.4) is 0 Å². The molecule has 3 N–H and O–H groups in total. The Morgan fingerprint density at radius 1 is 1.45 bits per heavy atom. The van der Waals surface area contributed by atoms with Crippen molar-refractivity contribution < 1.29 is 9.18 Å². The van der Waals surface area contributed by atoms with Crippen molar-refractivity contribution in [2.45, 2.75) is 5.03 Å². The third-order valence-corrected chi connectivity index (χ3v) is 3.77. The molecule has 2 aromatic rings. The van der Waals surface area contributed by atoms with Crippen LogP contribution in [0.2, 0.25) is 5.02 Å². The number of benzene rings is 1. The zero-order chi connectivity index (χ0) is 14.5. The fourth-order valence-corrected chi connectivity index (χ4v) is 2.40. The first-order valence-corrected chi connectivity index (χ1v) is 7.01. The molecule has 0 spiro atoms. The van der Waals surface area contributed by atoms with Crippen LogP contribution in [0.5, 0.6) is 0 Å². The molecule has 0 bridgehead atoms. The Bertz CT molecular complexity index is 639. The molecule has 0 fully saturated rings. The summed E-state index contributed by atoms with van der Waals surface area (Å²) in [5, 5.41) is 3.71. The Morgan fingerprint density at radius 2 is 2.25 bits per heavy atom. The molecule has 0 saturated carbocycles. The highest BCUT2D eigenvalue weighted by molar-refractivity contribution is 8.00. The number of halogens is 2. The number of aromatic nitrogens is 1. The van der Waals surface area contributed by atoms with E-state index in [1.807, 2.05) is 0 Å². The number of carbonyl (C=O) groups excluding carboxylic acids is 1. The Balaban J connectivity index is 1.93. The highest BCUT2D eigenvalue weighted by Gasteiger charge is 2.08. The minimum Gasteiger partial charge on any atom is -0.396 e. The van der Waals surface area contributed by atoms with E-state index in [9.17, 15) is 9.18 Å². The maximum absolute atomic E-state index is 13.0. The van der Waals surface area contributed by atoms with Crippen LogP contribution < -0.4 is 11.1 Å². The molecular weight excluding hydrogens is 301 g/mol. The molecule has 1 aromatic carbocycles. The van der Waals surface area contributed by atoms with Crippen molar-refractivity contribution in [3.63, 3.8) is 0 Å². The monoisotopic (exact) mass is 311 g/mol. The second-order valence-corrected chi connectivity index (χ2v) is 5.23. The van der Waals surface area contributed by atoms with Gasteiger partial charge in [0.25, 0.3) is 0 Å². The molecule has 0 radical (unpaired) electrons. The van der Waals surface area contributed by atoms with Crippen LogP contribution in [-0.4, -0.2) is 16.6 Å². The van der Waals surface area contributed by atoms with Gasteiger partial charge in [0.05, 0.1) is 16.5 Å². The fourth-order valence-electron chi connectivity index (χ4n) is 1.43. The maximum atomic E-state index is 13.0. The van der Waals surface area contributed by atoms with Crippen molar-refractivity contribution in [1.82, 2.24) is 4.98 Å². The van der Waals surface area contributed by atoms with Crippen molar-refractivity contribution in [3.8, 4) is 0 Å². The lowest BCUT2D eigenvalue weighted by atomic mass is 10.2. The molecule has 20 heavy (non-hydrogen) atoms. The summed E-state index contributed by atoms with van der Waals surface area (Å²) in [6.45, 7) is 0. The summed E-state index contributed by atoms with van der Waals surface area (Å²) in [4.78, 5) is 15.8. The maximum Gasteiger partial charge on any atom is 0.234 e. The standard InChI is InChI=1S/C13H11ClFN3OS/c14-9-2-1-5-17-13(9)20-7-12(19)18-8-3-4-10(15)11(16)6-8/h1-6H,7,16H2,(H,18,19). The Morgan fingerprint density at radius 3 is 2.95 bits per heavy atom. The van der Waals surface area contributed by atoms with Crippen molar-refractivity contribution in [3.05, 3.63) is 47.4 Å². The van der Waals surface area contributed by atoms with Gasteiger partial charge in [0.2, 0.25) is 5.91 Å². The van der Waals surface area contributed by atoms with Crippen molar-refractivity contribution in [2.75, 3.05) is 16.8 Å². The van der Waals surface area contributed by atoms with Gasteiger partial charge in [0.1, 0.15) is 10.8 Å². The number of thioether (sulfide) groups is 1.